The lowest BCUT2D eigenvalue weighted by Crippen LogP contribution is -2.63. The fourth-order valence-corrected chi connectivity index (χ4v) is 6.02. The minimum absolute atomic E-state index is 0.191. The maximum absolute atomic E-state index is 13.5. The fraction of sp³-hybridized carbons (Fsp3) is 0.292. The molecule has 0 aliphatic carbocycles. The van der Waals surface area contributed by atoms with E-state index in [2.05, 4.69) is 15.6 Å². The van der Waals surface area contributed by atoms with Crippen LogP contribution in [0.1, 0.15) is 19.4 Å². The number of amides is 5. The average Bonchev–Trinajstić information content (AvgIpc) is 3.23. The number of fused-ring (bicyclic) bond motifs is 1. The molecule has 4 rings (SSSR count). The Morgan fingerprint density at radius 1 is 1.03 bits per heavy atom. The molecule has 2 N–H and O–H groups in total. The summed E-state index contributed by atoms with van der Waals surface area (Å²) in [5.74, 6) is -0.165. The maximum Gasteiger partial charge on any atom is 0.333 e. The van der Waals surface area contributed by atoms with E-state index in [4.69, 9.17) is 0 Å². The quantitative estimate of drug-likeness (QED) is 0.608. The summed E-state index contributed by atoms with van der Waals surface area (Å²) >= 11 is 2.84. The van der Waals surface area contributed by atoms with E-state index >= 15 is 0 Å². The van der Waals surface area contributed by atoms with E-state index in [1.807, 2.05) is 26.0 Å². The van der Waals surface area contributed by atoms with Gasteiger partial charge in [-0.25, -0.2) is 14.7 Å². The van der Waals surface area contributed by atoms with Crippen LogP contribution in [-0.4, -0.2) is 56.7 Å². The molecule has 2 unspecified atom stereocenters. The molecule has 2 heterocycles. The van der Waals surface area contributed by atoms with E-state index in [0.717, 1.165) is 20.6 Å². The van der Waals surface area contributed by atoms with E-state index in [1.165, 1.54) is 35.3 Å². The van der Waals surface area contributed by atoms with Gasteiger partial charge >= 0.3 is 6.03 Å². The number of rotatable bonds is 6. The highest BCUT2D eigenvalue weighted by Crippen LogP contribution is 2.39. The first-order valence-electron chi connectivity index (χ1n) is 11.0. The van der Waals surface area contributed by atoms with Gasteiger partial charge in [0, 0.05) is 18.3 Å². The Balaban J connectivity index is 1.56. The third-order valence-electron chi connectivity index (χ3n) is 5.32. The highest BCUT2D eigenvalue weighted by Gasteiger charge is 2.51. The van der Waals surface area contributed by atoms with Gasteiger partial charge in [0.25, 0.3) is 5.91 Å². The Kier molecular flexibility index (Phi) is 7.46. The first-order chi connectivity index (χ1) is 16.8. The van der Waals surface area contributed by atoms with Gasteiger partial charge in [0.05, 0.1) is 5.69 Å². The summed E-state index contributed by atoms with van der Waals surface area (Å²) in [6.07, 6.45) is -0.747. The molecule has 2 atom stereocenters. The number of anilines is 3. The highest BCUT2D eigenvalue weighted by atomic mass is 32.2. The molecule has 182 valence electrons. The molecule has 5 amide bonds. The van der Waals surface area contributed by atoms with Crippen LogP contribution in [0.15, 0.2) is 53.5 Å². The highest BCUT2D eigenvalue weighted by molar-refractivity contribution is 8.39. The minimum Gasteiger partial charge on any atom is -0.326 e. The Morgan fingerprint density at radius 3 is 2.26 bits per heavy atom. The molecular weight excluding hydrogens is 486 g/mol. The van der Waals surface area contributed by atoms with E-state index in [0.29, 0.717) is 17.1 Å². The van der Waals surface area contributed by atoms with Crippen LogP contribution in [0, 0.1) is 6.92 Å². The summed E-state index contributed by atoms with van der Waals surface area (Å²) in [5.41, 5.74) is 2.59. The number of hydrogen-bond donors (Lipinski definition) is 2. The van der Waals surface area contributed by atoms with Gasteiger partial charge in [-0.1, -0.05) is 36.4 Å². The van der Waals surface area contributed by atoms with Gasteiger partial charge in [-0.05, 0) is 49.1 Å². The van der Waals surface area contributed by atoms with Crippen molar-refractivity contribution in [2.45, 2.75) is 32.2 Å². The van der Waals surface area contributed by atoms with Crippen molar-refractivity contribution in [2.24, 2.45) is 4.99 Å². The number of urea groups is 1. The lowest BCUT2D eigenvalue weighted by molar-refractivity contribution is -0.122. The third kappa shape index (κ3) is 5.51. The molecular formula is C24H25N5O4S2. The monoisotopic (exact) mass is 511 g/mol. The van der Waals surface area contributed by atoms with Crippen LogP contribution < -0.4 is 15.5 Å². The number of benzene rings is 2. The second kappa shape index (κ2) is 10.5. The van der Waals surface area contributed by atoms with E-state index in [9.17, 15) is 19.2 Å². The zero-order valence-electron chi connectivity index (χ0n) is 19.5. The second-order valence-corrected chi connectivity index (χ2v) is 10.6. The topological polar surface area (TPSA) is 111 Å². The Bertz CT molecular complexity index is 1180. The van der Waals surface area contributed by atoms with Crippen LogP contribution in [0.4, 0.5) is 21.9 Å². The van der Waals surface area contributed by atoms with Crippen molar-refractivity contribution < 1.29 is 19.2 Å². The molecule has 2 aromatic rings. The van der Waals surface area contributed by atoms with Crippen molar-refractivity contribution in [2.75, 3.05) is 27.8 Å². The molecule has 35 heavy (non-hydrogen) atoms. The molecule has 1 fully saturated rings. The molecule has 2 aliphatic heterocycles. The molecule has 0 saturated carbocycles. The lowest BCUT2D eigenvalue weighted by Gasteiger charge is -2.39. The van der Waals surface area contributed by atoms with Gasteiger partial charge < -0.3 is 10.6 Å². The van der Waals surface area contributed by atoms with Crippen molar-refractivity contribution in [3.05, 3.63) is 54.1 Å². The fourth-order valence-electron chi connectivity index (χ4n) is 3.73. The molecule has 0 bridgehead atoms. The number of carbonyl (C=O) groups excluding carboxylic acids is 4. The Morgan fingerprint density at radius 2 is 1.66 bits per heavy atom. The van der Waals surface area contributed by atoms with E-state index < -0.39 is 23.4 Å². The van der Waals surface area contributed by atoms with E-state index in [1.54, 1.807) is 36.4 Å². The number of carbonyl (C=O) groups is 4. The summed E-state index contributed by atoms with van der Waals surface area (Å²) in [6.45, 7) is 5.06. The number of nitrogens with one attached hydrogen (secondary N) is 2. The summed E-state index contributed by atoms with van der Waals surface area (Å²) in [7, 11) is 0. The Hall–Kier alpha value is -3.31. The molecule has 11 heteroatoms. The van der Waals surface area contributed by atoms with Crippen LogP contribution in [0.5, 0.6) is 0 Å². The minimum atomic E-state index is -0.747. The third-order valence-corrected chi connectivity index (χ3v) is 7.61. The van der Waals surface area contributed by atoms with E-state index in [-0.39, 0.29) is 18.4 Å². The van der Waals surface area contributed by atoms with Crippen LogP contribution in [0.2, 0.25) is 0 Å². The van der Waals surface area contributed by atoms with Gasteiger partial charge in [0.15, 0.2) is 0 Å². The smallest absolute Gasteiger partial charge is 0.326 e. The maximum atomic E-state index is 13.5. The van der Waals surface area contributed by atoms with Gasteiger partial charge in [-0.2, -0.15) is 0 Å². The van der Waals surface area contributed by atoms with Crippen molar-refractivity contribution in [3.8, 4) is 0 Å². The standard InChI is InChI=1S/C24H25N5O4S2/c1-4-34-23-27-21-20(35-23)22(32)29(18-11-5-14(2)6-12-18)24(33)28(21)13-19(31)26-17-9-7-16(8-10-17)25-15(3)30/h5-12,20-21H,4,13H2,1-3H3,(H,25,30)(H,26,31). The normalized spacial score (nSPS) is 19.3. The predicted molar refractivity (Wildman–Crippen MR) is 141 cm³/mol. The molecule has 9 nitrogen and oxygen atoms in total. The lowest BCUT2D eigenvalue weighted by atomic mass is 10.1. The first kappa shape index (κ1) is 24.8. The SMILES string of the molecule is CCSC1=NC2C(S1)C(=O)N(c1ccc(C)cc1)C(=O)N2CC(=O)Nc1ccc(NC(C)=O)cc1. The summed E-state index contributed by atoms with van der Waals surface area (Å²) in [5, 5.41) is 4.82. The zero-order chi connectivity index (χ0) is 25.1. The van der Waals surface area contributed by atoms with Gasteiger partial charge in [-0.3, -0.25) is 19.3 Å². The van der Waals surface area contributed by atoms with Crippen LogP contribution in [-0.2, 0) is 14.4 Å². The number of nitrogens with zero attached hydrogens (tertiary/aromatic N) is 3. The summed E-state index contributed by atoms with van der Waals surface area (Å²) < 4.78 is 0.730. The molecule has 1 saturated heterocycles. The van der Waals surface area contributed by atoms with Crippen LogP contribution in [0.25, 0.3) is 0 Å². The largest absolute Gasteiger partial charge is 0.333 e. The molecule has 2 aliphatic rings. The van der Waals surface area contributed by atoms with Crippen molar-refractivity contribution in [1.82, 2.24) is 4.90 Å². The van der Waals surface area contributed by atoms with Crippen molar-refractivity contribution in [1.29, 1.82) is 0 Å². The van der Waals surface area contributed by atoms with Crippen LogP contribution >= 0.6 is 23.5 Å². The molecule has 0 radical (unpaired) electrons. The number of thioether (sulfide) groups is 2. The predicted octanol–water partition coefficient (Wildman–Crippen LogP) is 3.91. The number of aliphatic imine (C=N–C) groups is 1. The second-order valence-electron chi connectivity index (χ2n) is 8.01. The number of imide groups is 1. The molecule has 0 aromatic heterocycles. The summed E-state index contributed by atoms with van der Waals surface area (Å²) in [6, 6.07) is 13.2. The van der Waals surface area contributed by atoms with Crippen molar-refractivity contribution in [3.63, 3.8) is 0 Å². The van der Waals surface area contributed by atoms with Gasteiger partial charge in [0.2, 0.25) is 11.8 Å². The summed E-state index contributed by atoms with van der Waals surface area (Å²) in [4.78, 5) is 58.0. The number of hydrogen-bond acceptors (Lipinski definition) is 7. The van der Waals surface area contributed by atoms with Gasteiger partial charge in [0.1, 0.15) is 22.3 Å². The molecule has 2 aromatic carbocycles. The van der Waals surface area contributed by atoms with Crippen LogP contribution in [0.3, 0.4) is 0 Å². The Labute approximate surface area is 211 Å². The first-order valence-corrected chi connectivity index (χ1v) is 12.9. The molecule has 0 spiro atoms. The zero-order valence-corrected chi connectivity index (χ0v) is 21.1. The average molecular weight is 512 g/mol. The van der Waals surface area contributed by atoms with Crippen molar-refractivity contribution >= 4 is 68.7 Å². The van der Waals surface area contributed by atoms with Gasteiger partial charge in [-0.15, -0.1) is 11.8 Å². The number of aryl methyl sites for hydroxylation is 1.